The molecule has 0 aliphatic heterocycles. The second-order valence-electron chi connectivity index (χ2n) is 4.30. The van der Waals surface area contributed by atoms with Gasteiger partial charge in [-0.3, -0.25) is 0 Å². The molecule has 0 saturated carbocycles. The minimum atomic E-state index is 0.909. The van der Waals surface area contributed by atoms with E-state index in [1.807, 2.05) is 23.9 Å². The predicted octanol–water partition coefficient (Wildman–Crippen LogP) is 5.54. The van der Waals surface area contributed by atoms with Crippen LogP contribution in [0.1, 0.15) is 17.5 Å². The van der Waals surface area contributed by atoms with Gasteiger partial charge in [-0.05, 0) is 28.5 Å². The van der Waals surface area contributed by atoms with Crippen molar-refractivity contribution in [3.8, 4) is 0 Å². The zero-order valence-corrected chi connectivity index (χ0v) is 11.8. The van der Waals surface area contributed by atoms with Crippen molar-refractivity contribution in [2.24, 2.45) is 0 Å². The summed E-state index contributed by atoms with van der Waals surface area (Å²) >= 11 is 1.84. The molecule has 0 atom stereocenters. The summed E-state index contributed by atoms with van der Waals surface area (Å²) in [4.78, 5) is 0. The van der Waals surface area contributed by atoms with Crippen molar-refractivity contribution in [3.63, 3.8) is 0 Å². The summed E-state index contributed by atoms with van der Waals surface area (Å²) < 4.78 is 0. The Morgan fingerprint density at radius 2 is 1.58 bits per heavy atom. The highest BCUT2D eigenvalue weighted by atomic mass is 32.2. The molecule has 0 aromatic heterocycles. The van der Waals surface area contributed by atoms with Crippen LogP contribution in [0.2, 0.25) is 0 Å². The van der Waals surface area contributed by atoms with Crippen molar-refractivity contribution in [1.29, 1.82) is 0 Å². The number of thioether (sulfide) groups is 1. The second-order valence-corrected chi connectivity index (χ2v) is 5.16. The average Bonchev–Trinajstić information content (AvgIpc) is 2.48. The fourth-order valence-electron chi connectivity index (χ4n) is 1.85. The second kappa shape index (κ2) is 7.65. The molecule has 0 radical (unpaired) electrons. The normalized spacial score (nSPS) is 11.3. The zero-order valence-electron chi connectivity index (χ0n) is 11.0. The van der Waals surface area contributed by atoms with Crippen molar-refractivity contribution in [2.45, 2.75) is 12.2 Å². The number of rotatable bonds is 6. The summed E-state index contributed by atoms with van der Waals surface area (Å²) in [6.45, 7) is 3.84. The molecule has 0 amide bonds. The number of hydrogen-bond donors (Lipinski definition) is 0. The van der Waals surface area contributed by atoms with Gasteiger partial charge in [-0.2, -0.15) is 0 Å². The topological polar surface area (TPSA) is 0 Å². The lowest BCUT2D eigenvalue weighted by Crippen LogP contribution is -1.82. The van der Waals surface area contributed by atoms with Gasteiger partial charge in [0.05, 0.1) is 0 Å². The Hall–Kier alpha value is -1.73. The van der Waals surface area contributed by atoms with Crippen LogP contribution in [0.15, 0.2) is 78.7 Å². The molecule has 2 aromatic rings. The fourth-order valence-corrected chi connectivity index (χ4v) is 2.76. The maximum atomic E-state index is 3.84. The molecule has 0 aliphatic rings. The molecule has 0 saturated heterocycles. The van der Waals surface area contributed by atoms with Gasteiger partial charge in [0, 0.05) is 5.75 Å². The van der Waals surface area contributed by atoms with E-state index < -0.39 is 0 Å². The number of allylic oxidation sites excluding steroid dienone is 2. The monoisotopic (exact) mass is 266 g/mol. The van der Waals surface area contributed by atoms with E-state index in [1.54, 1.807) is 0 Å². The first-order valence-corrected chi connectivity index (χ1v) is 7.46. The number of hydrogen-bond acceptors (Lipinski definition) is 1. The SMILES string of the molecule is C=CC/C(=C/SCc1ccccc1)c1ccccc1. The standard InChI is InChI=1S/C18H18S/c1-2-9-18(17-12-7-4-8-13-17)15-19-14-16-10-5-3-6-11-16/h2-8,10-13,15H,1,9,14H2/b18-15-. The van der Waals surface area contributed by atoms with Crippen molar-refractivity contribution in [1.82, 2.24) is 0 Å². The molecule has 2 rings (SSSR count). The molecule has 0 heterocycles. The van der Waals surface area contributed by atoms with Gasteiger partial charge in [0.1, 0.15) is 0 Å². The van der Waals surface area contributed by atoms with Gasteiger partial charge in [0.15, 0.2) is 0 Å². The molecule has 19 heavy (non-hydrogen) atoms. The van der Waals surface area contributed by atoms with E-state index in [1.165, 1.54) is 16.7 Å². The molecule has 0 nitrogen and oxygen atoms in total. The first-order chi connectivity index (χ1) is 9.40. The number of benzene rings is 2. The van der Waals surface area contributed by atoms with Gasteiger partial charge in [0.25, 0.3) is 0 Å². The first-order valence-electron chi connectivity index (χ1n) is 6.41. The first kappa shape index (κ1) is 13.7. The highest BCUT2D eigenvalue weighted by Crippen LogP contribution is 2.24. The minimum absolute atomic E-state index is 0.909. The Kier molecular flexibility index (Phi) is 5.51. The van der Waals surface area contributed by atoms with Crippen LogP contribution in [0.4, 0.5) is 0 Å². The van der Waals surface area contributed by atoms with Crippen LogP contribution in [0.5, 0.6) is 0 Å². The molecular weight excluding hydrogens is 248 g/mol. The summed E-state index contributed by atoms with van der Waals surface area (Å²) in [5.74, 6) is 1.01. The largest absolute Gasteiger partial charge is 0.129 e. The summed E-state index contributed by atoms with van der Waals surface area (Å²) in [5, 5.41) is 2.25. The van der Waals surface area contributed by atoms with E-state index in [0.29, 0.717) is 0 Å². The molecule has 2 aromatic carbocycles. The van der Waals surface area contributed by atoms with Crippen LogP contribution in [-0.4, -0.2) is 0 Å². The van der Waals surface area contributed by atoms with Gasteiger partial charge in [-0.25, -0.2) is 0 Å². The van der Waals surface area contributed by atoms with Crippen LogP contribution in [0.25, 0.3) is 5.57 Å². The van der Waals surface area contributed by atoms with Crippen molar-refractivity contribution in [3.05, 3.63) is 89.9 Å². The van der Waals surface area contributed by atoms with E-state index in [-0.39, 0.29) is 0 Å². The van der Waals surface area contributed by atoms with Gasteiger partial charge >= 0.3 is 0 Å². The third-order valence-electron chi connectivity index (χ3n) is 2.83. The van der Waals surface area contributed by atoms with Crippen LogP contribution >= 0.6 is 11.8 Å². The fraction of sp³-hybridized carbons (Fsp3) is 0.111. The van der Waals surface area contributed by atoms with E-state index >= 15 is 0 Å². The third-order valence-corrected chi connectivity index (χ3v) is 3.78. The summed E-state index contributed by atoms with van der Waals surface area (Å²) in [7, 11) is 0. The highest BCUT2D eigenvalue weighted by Gasteiger charge is 1.99. The molecule has 96 valence electrons. The zero-order chi connectivity index (χ0) is 13.3. The van der Waals surface area contributed by atoms with Gasteiger partial charge < -0.3 is 0 Å². The smallest absolute Gasteiger partial charge is 0.0226 e. The molecule has 0 aliphatic carbocycles. The van der Waals surface area contributed by atoms with Crippen LogP contribution in [0, 0.1) is 0 Å². The summed E-state index contributed by atoms with van der Waals surface area (Å²) in [6, 6.07) is 21.1. The Bertz CT molecular complexity index is 526. The molecule has 0 unspecified atom stereocenters. The molecule has 0 N–H and O–H groups in total. The molecule has 0 fully saturated rings. The minimum Gasteiger partial charge on any atom is -0.129 e. The molecular formula is C18H18S. The molecule has 1 heteroatoms. The maximum absolute atomic E-state index is 3.84. The summed E-state index contributed by atoms with van der Waals surface area (Å²) in [6.07, 6.45) is 2.87. The van der Waals surface area contributed by atoms with Gasteiger partial charge in [0.2, 0.25) is 0 Å². The van der Waals surface area contributed by atoms with Crippen LogP contribution in [-0.2, 0) is 5.75 Å². The lowest BCUT2D eigenvalue weighted by molar-refractivity contribution is 1.40. The average molecular weight is 266 g/mol. The Morgan fingerprint density at radius 3 is 2.21 bits per heavy atom. The maximum Gasteiger partial charge on any atom is 0.0226 e. The van der Waals surface area contributed by atoms with Gasteiger partial charge in [-0.15, -0.1) is 18.3 Å². The van der Waals surface area contributed by atoms with Crippen LogP contribution < -0.4 is 0 Å². The molecule has 0 bridgehead atoms. The van der Waals surface area contributed by atoms with Crippen LogP contribution in [0.3, 0.4) is 0 Å². The van der Waals surface area contributed by atoms with Gasteiger partial charge in [-0.1, -0.05) is 66.7 Å². The Balaban J connectivity index is 2.03. The van der Waals surface area contributed by atoms with Crippen molar-refractivity contribution >= 4 is 17.3 Å². The van der Waals surface area contributed by atoms with E-state index in [0.717, 1.165) is 12.2 Å². The predicted molar refractivity (Wildman–Crippen MR) is 87.0 cm³/mol. The van der Waals surface area contributed by atoms with E-state index in [9.17, 15) is 0 Å². The van der Waals surface area contributed by atoms with Crippen molar-refractivity contribution < 1.29 is 0 Å². The van der Waals surface area contributed by atoms with Crippen molar-refractivity contribution in [2.75, 3.05) is 0 Å². The van der Waals surface area contributed by atoms with E-state index in [4.69, 9.17) is 0 Å². The lowest BCUT2D eigenvalue weighted by atomic mass is 10.1. The Labute approximate surface area is 119 Å². The highest BCUT2D eigenvalue weighted by molar-refractivity contribution is 8.01. The Morgan fingerprint density at radius 1 is 0.947 bits per heavy atom. The molecule has 0 spiro atoms. The lowest BCUT2D eigenvalue weighted by Gasteiger charge is -2.05. The van der Waals surface area contributed by atoms with E-state index in [2.05, 4.69) is 66.6 Å². The third kappa shape index (κ3) is 4.46. The quantitative estimate of drug-likeness (QED) is 0.619. The summed E-state index contributed by atoms with van der Waals surface area (Å²) in [5.41, 5.74) is 3.97.